The molecule has 0 spiro atoms. The van der Waals surface area contributed by atoms with Crippen molar-refractivity contribution in [1.82, 2.24) is 0 Å². The molecule has 2 nitrogen and oxygen atoms in total. The molecule has 3 aromatic rings. The van der Waals surface area contributed by atoms with E-state index in [0.29, 0.717) is 10.6 Å². The quantitative estimate of drug-likeness (QED) is 0.494. The zero-order valence-corrected chi connectivity index (χ0v) is 13.5. The fourth-order valence-electron chi connectivity index (χ4n) is 2.51. The number of halogens is 1. The zero-order valence-electron chi connectivity index (χ0n) is 12.7. The molecule has 0 aliphatic carbocycles. The molecule has 3 heteroatoms. The topological polar surface area (TPSA) is 29.1 Å². The van der Waals surface area contributed by atoms with Crippen LogP contribution in [-0.4, -0.2) is 5.78 Å². The largest absolute Gasteiger partial charge is 0.359 e. The van der Waals surface area contributed by atoms with Gasteiger partial charge in [0.15, 0.2) is 5.78 Å². The lowest BCUT2D eigenvalue weighted by Gasteiger charge is -2.07. The lowest BCUT2D eigenvalue weighted by atomic mass is 10.0. The maximum atomic E-state index is 12.6. The molecule has 0 bridgehead atoms. The van der Waals surface area contributed by atoms with Crippen LogP contribution in [0.25, 0.3) is 10.8 Å². The van der Waals surface area contributed by atoms with Crippen molar-refractivity contribution in [3.05, 3.63) is 89.1 Å². The van der Waals surface area contributed by atoms with Crippen molar-refractivity contribution < 1.29 is 4.79 Å². The molecule has 3 aromatic carbocycles. The molecule has 0 aliphatic rings. The van der Waals surface area contributed by atoms with Gasteiger partial charge in [-0.1, -0.05) is 54.1 Å². The number of allylic oxidation sites excluding steroid dienone is 2. The number of rotatable bonds is 4. The molecular weight excluding hydrogens is 306 g/mol. The number of anilines is 1. The highest BCUT2D eigenvalue weighted by Crippen LogP contribution is 2.20. The Morgan fingerprint density at radius 3 is 2.43 bits per heavy atom. The highest BCUT2D eigenvalue weighted by atomic mass is 35.5. The summed E-state index contributed by atoms with van der Waals surface area (Å²) >= 11 is 5.87. The molecule has 0 saturated carbocycles. The number of nitrogens with one attached hydrogen (secondary N) is 1. The number of benzene rings is 3. The Morgan fingerprint density at radius 1 is 0.957 bits per heavy atom. The van der Waals surface area contributed by atoms with Crippen LogP contribution in [0, 0.1) is 0 Å². The second-order valence-corrected chi connectivity index (χ2v) is 5.79. The molecule has 3 rings (SSSR count). The highest BCUT2D eigenvalue weighted by Gasteiger charge is 2.07. The van der Waals surface area contributed by atoms with Gasteiger partial charge in [0.1, 0.15) is 0 Å². The average Bonchev–Trinajstić information content (AvgIpc) is 2.56. The Morgan fingerprint density at radius 2 is 1.65 bits per heavy atom. The van der Waals surface area contributed by atoms with Gasteiger partial charge in [-0.05, 0) is 42.0 Å². The Hall–Kier alpha value is -2.58. The minimum absolute atomic E-state index is 0.0132. The maximum absolute atomic E-state index is 12.6. The third-order valence-corrected chi connectivity index (χ3v) is 3.84. The van der Waals surface area contributed by atoms with E-state index in [1.807, 2.05) is 73.7 Å². The van der Waals surface area contributed by atoms with Crippen LogP contribution in [0.4, 0.5) is 5.69 Å². The molecule has 0 atom stereocenters. The van der Waals surface area contributed by atoms with Crippen molar-refractivity contribution in [2.24, 2.45) is 0 Å². The molecule has 0 radical (unpaired) electrons. The van der Waals surface area contributed by atoms with Gasteiger partial charge in [-0.15, -0.1) is 0 Å². The van der Waals surface area contributed by atoms with Crippen LogP contribution in [0.15, 0.2) is 78.5 Å². The first kappa shape index (κ1) is 15.3. The molecule has 0 saturated heterocycles. The summed E-state index contributed by atoms with van der Waals surface area (Å²) < 4.78 is 0. The van der Waals surface area contributed by atoms with Gasteiger partial charge in [0, 0.05) is 28.0 Å². The van der Waals surface area contributed by atoms with Gasteiger partial charge in [-0.3, -0.25) is 4.79 Å². The van der Waals surface area contributed by atoms with Crippen LogP contribution in [0.2, 0.25) is 5.02 Å². The van der Waals surface area contributed by atoms with Gasteiger partial charge >= 0.3 is 0 Å². The van der Waals surface area contributed by atoms with Gasteiger partial charge in [-0.2, -0.15) is 0 Å². The van der Waals surface area contributed by atoms with Crippen LogP contribution in [0.1, 0.15) is 17.3 Å². The molecule has 23 heavy (non-hydrogen) atoms. The normalized spacial score (nSPS) is 11.5. The van der Waals surface area contributed by atoms with E-state index in [-0.39, 0.29) is 5.78 Å². The minimum Gasteiger partial charge on any atom is -0.359 e. The Labute approximate surface area is 140 Å². The summed E-state index contributed by atoms with van der Waals surface area (Å²) in [4.78, 5) is 12.6. The second-order valence-electron chi connectivity index (χ2n) is 5.35. The fraction of sp³-hybridized carbons (Fsp3) is 0.0500. The van der Waals surface area contributed by atoms with Gasteiger partial charge in [0.05, 0.1) is 0 Å². The van der Waals surface area contributed by atoms with Crippen molar-refractivity contribution in [3.8, 4) is 0 Å². The first-order valence-electron chi connectivity index (χ1n) is 7.36. The molecule has 0 aliphatic heterocycles. The Kier molecular flexibility index (Phi) is 4.45. The van der Waals surface area contributed by atoms with Gasteiger partial charge in [0.2, 0.25) is 0 Å². The summed E-state index contributed by atoms with van der Waals surface area (Å²) in [6, 6.07) is 21.0. The Balaban J connectivity index is 1.85. The smallest absolute Gasteiger partial charge is 0.188 e. The predicted molar refractivity (Wildman–Crippen MR) is 97.1 cm³/mol. The third kappa shape index (κ3) is 3.61. The van der Waals surface area contributed by atoms with Crippen molar-refractivity contribution in [2.45, 2.75) is 6.92 Å². The number of carbonyl (C=O) groups excluding carboxylic acids is 1. The van der Waals surface area contributed by atoms with Crippen LogP contribution in [0.5, 0.6) is 0 Å². The van der Waals surface area contributed by atoms with E-state index in [9.17, 15) is 4.79 Å². The minimum atomic E-state index is -0.0132. The first-order chi connectivity index (χ1) is 11.1. The van der Waals surface area contributed by atoms with Crippen LogP contribution in [0.3, 0.4) is 0 Å². The average molecular weight is 322 g/mol. The van der Waals surface area contributed by atoms with E-state index in [1.165, 1.54) is 0 Å². The molecule has 0 amide bonds. The van der Waals surface area contributed by atoms with E-state index in [1.54, 1.807) is 6.08 Å². The van der Waals surface area contributed by atoms with E-state index in [0.717, 1.165) is 22.2 Å². The molecule has 1 N–H and O–H groups in total. The highest BCUT2D eigenvalue weighted by molar-refractivity contribution is 6.30. The molecule has 0 aromatic heterocycles. The van der Waals surface area contributed by atoms with E-state index >= 15 is 0 Å². The monoisotopic (exact) mass is 321 g/mol. The Bertz CT molecular complexity index is 876. The molecule has 114 valence electrons. The lowest BCUT2D eigenvalue weighted by molar-refractivity contribution is 0.104. The number of hydrogen-bond donors (Lipinski definition) is 1. The van der Waals surface area contributed by atoms with Crippen LogP contribution < -0.4 is 5.32 Å². The molecular formula is C20H16ClNO. The lowest BCUT2D eigenvalue weighted by Crippen LogP contribution is -2.02. The summed E-state index contributed by atoms with van der Waals surface area (Å²) in [6.45, 7) is 1.87. The van der Waals surface area contributed by atoms with E-state index in [4.69, 9.17) is 11.6 Å². The second kappa shape index (κ2) is 6.67. The maximum Gasteiger partial charge on any atom is 0.188 e. The summed E-state index contributed by atoms with van der Waals surface area (Å²) in [7, 11) is 0. The number of ketones is 1. The van der Waals surface area contributed by atoms with Gasteiger partial charge in [-0.25, -0.2) is 0 Å². The van der Waals surface area contributed by atoms with Crippen molar-refractivity contribution >= 4 is 33.8 Å². The number of carbonyl (C=O) groups is 1. The van der Waals surface area contributed by atoms with Crippen molar-refractivity contribution in [3.63, 3.8) is 0 Å². The first-order valence-corrected chi connectivity index (χ1v) is 7.74. The number of hydrogen-bond acceptors (Lipinski definition) is 2. The van der Waals surface area contributed by atoms with Gasteiger partial charge in [0.25, 0.3) is 0 Å². The van der Waals surface area contributed by atoms with Gasteiger partial charge < -0.3 is 5.32 Å². The van der Waals surface area contributed by atoms with E-state index in [2.05, 4.69) is 5.32 Å². The van der Waals surface area contributed by atoms with Crippen LogP contribution >= 0.6 is 11.6 Å². The third-order valence-electron chi connectivity index (χ3n) is 3.59. The molecule has 0 fully saturated rings. The molecule has 0 heterocycles. The van der Waals surface area contributed by atoms with Crippen LogP contribution in [-0.2, 0) is 0 Å². The fourth-order valence-corrected chi connectivity index (χ4v) is 2.64. The SMILES string of the molecule is C/C(=C/C(=O)c1cccc2ccccc12)Nc1ccc(Cl)cc1. The van der Waals surface area contributed by atoms with Crippen molar-refractivity contribution in [2.75, 3.05) is 5.32 Å². The summed E-state index contributed by atoms with van der Waals surface area (Å²) in [6.07, 6.45) is 1.62. The number of fused-ring (bicyclic) bond motifs is 1. The summed E-state index contributed by atoms with van der Waals surface area (Å²) in [5, 5.41) is 5.92. The molecule has 0 unspecified atom stereocenters. The standard InChI is InChI=1S/C20H16ClNO/c1-14(22-17-11-9-16(21)10-12-17)13-20(23)19-8-4-6-15-5-2-3-7-18(15)19/h2-13,22H,1H3/b14-13-. The summed E-state index contributed by atoms with van der Waals surface area (Å²) in [5.41, 5.74) is 2.39. The summed E-state index contributed by atoms with van der Waals surface area (Å²) in [5.74, 6) is -0.0132. The predicted octanol–water partition coefficient (Wildman–Crippen LogP) is 5.69. The van der Waals surface area contributed by atoms with E-state index < -0.39 is 0 Å². The zero-order chi connectivity index (χ0) is 16.2. The van der Waals surface area contributed by atoms with Crippen molar-refractivity contribution in [1.29, 1.82) is 0 Å².